The summed E-state index contributed by atoms with van der Waals surface area (Å²) in [5.41, 5.74) is 9.24. The molecule has 0 unspecified atom stereocenters. The maximum absolute atomic E-state index is 6.31. The minimum Gasteiger partial charge on any atom is -0.382 e. The Hall–Kier alpha value is -2.80. The molecule has 7 nitrogen and oxygen atoms in total. The van der Waals surface area contributed by atoms with Gasteiger partial charge in [-0.3, -0.25) is 0 Å². The van der Waals surface area contributed by atoms with Gasteiger partial charge in [-0.15, -0.1) is 0 Å². The summed E-state index contributed by atoms with van der Waals surface area (Å²) in [6.07, 6.45) is 6.67. The molecule has 0 bridgehead atoms. The monoisotopic (exact) mass is 435 g/mol. The highest BCUT2D eigenvalue weighted by Crippen LogP contribution is 2.29. The fourth-order valence-corrected chi connectivity index (χ4v) is 4.52. The van der Waals surface area contributed by atoms with Gasteiger partial charge in [0.05, 0.1) is 16.9 Å². The number of pyridine rings is 1. The highest BCUT2D eigenvalue weighted by Gasteiger charge is 2.17. The van der Waals surface area contributed by atoms with E-state index in [4.69, 9.17) is 10.7 Å². The largest absolute Gasteiger partial charge is 0.382 e. The van der Waals surface area contributed by atoms with Crippen LogP contribution < -0.4 is 16.4 Å². The summed E-state index contributed by atoms with van der Waals surface area (Å²) in [6.45, 7) is 12.5. The van der Waals surface area contributed by atoms with E-state index < -0.39 is 0 Å². The Labute approximate surface area is 191 Å². The smallest absolute Gasteiger partial charge is 0.152 e. The number of aromatic nitrogens is 3. The molecule has 0 amide bonds. The average molecular weight is 436 g/mol. The van der Waals surface area contributed by atoms with E-state index in [9.17, 15) is 0 Å². The first-order chi connectivity index (χ1) is 15.7. The van der Waals surface area contributed by atoms with E-state index in [0.29, 0.717) is 5.82 Å². The number of nitrogens with zero attached hydrogens (tertiary/aromatic N) is 4. The Morgan fingerprint density at radius 1 is 1.12 bits per heavy atom. The van der Waals surface area contributed by atoms with Gasteiger partial charge in [-0.05, 0) is 31.7 Å². The van der Waals surface area contributed by atoms with Crippen LogP contribution in [0.5, 0.6) is 0 Å². The van der Waals surface area contributed by atoms with E-state index in [1.54, 1.807) is 0 Å². The molecule has 1 aliphatic rings. The summed E-state index contributed by atoms with van der Waals surface area (Å²) < 4.78 is 2.40. The molecule has 4 rings (SSSR count). The van der Waals surface area contributed by atoms with Crippen LogP contribution in [0, 0.1) is 0 Å². The molecule has 7 heteroatoms. The lowest BCUT2D eigenvalue weighted by Crippen LogP contribution is -2.45. The Kier molecular flexibility index (Phi) is 7.47. The van der Waals surface area contributed by atoms with Crippen molar-refractivity contribution in [3.8, 4) is 0 Å². The Bertz CT molecular complexity index is 1050. The summed E-state index contributed by atoms with van der Waals surface area (Å²) in [6, 6.07) is 8.25. The summed E-state index contributed by atoms with van der Waals surface area (Å²) in [7, 11) is 0. The first-order valence-corrected chi connectivity index (χ1v) is 12.1. The Balaban J connectivity index is 1.40. The topological polar surface area (TPSA) is 84.0 Å². The minimum absolute atomic E-state index is 0.533. The van der Waals surface area contributed by atoms with Gasteiger partial charge in [-0.1, -0.05) is 38.1 Å². The van der Waals surface area contributed by atoms with Gasteiger partial charge in [-0.2, -0.15) is 0 Å². The van der Waals surface area contributed by atoms with Crippen LogP contribution >= 0.6 is 0 Å². The third kappa shape index (κ3) is 4.99. The van der Waals surface area contributed by atoms with Crippen LogP contribution in [-0.2, 0) is 13.0 Å². The molecule has 3 aromatic rings. The summed E-state index contributed by atoms with van der Waals surface area (Å²) in [5.74, 6) is 2.73. The zero-order chi connectivity index (χ0) is 22.3. The number of para-hydroxylation sites is 1. The second-order valence-corrected chi connectivity index (χ2v) is 8.67. The summed E-state index contributed by atoms with van der Waals surface area (Å²) >= 11 is 0. The van der Waals surface area contributed by atoms with Crippen molar-refractivity contribution in [2.75, 3.05) is 38.5 Å². The third-order valence-corrected chi connectivity index (χ3v) is 6.33. The van der Waals surface area contributed by atoms with Crippen LogP contribution in [0.4, 0.5) is 5.82 Å². The van der Waals surface area contributed by atoms with Gasteiger partial charge in [0.2, 0.25) is 0 Å². The fraction of sp³-hybridized carbons (Fsp3) is 0.520. The zero-order valence-electron chi connectivity index (χ0n) is 19.4. The zero-order valence-corrected chi connectivity index (χ0v) is 19.4. The quantitative estimate of drug-likeness (QED) is 0.399. The third-order valence-electron chi connectivity index (χ3n) is 6.33. The number of aryl methyl sites for hydroxylation is 2. The van der Waals surface area contributed by atoms with Crippen LogP contribution in [-0.4, -0.2) is 52.2 Å². The molecule has 0 atom stereocenters. The number of anilines is 1. The number of nitrogens with two attached hydrogens (primary N) is 1. The van der Waals surface area contributed by atoms with E-state index in [1.165, 1.54) is 0 Å². The lowest BCUT2D eigenvalue weighted by Gasteiger charge is -2.31. The van der Waals surface area contributed by atoms with Crippen molar-refractivity contribution in [3.63, 3.8) is 0 Å². The van der Waals surface area contributed by atoms with Crippen molar-refractivity contribution in [1.29, 1.82) is 0 Å². The molecule has 1 aromatic carbocycles. The molecule has 3 heterocycles. The van der Waals surface area contributed by atoms with Gasteiger partial charge in [0.1, 0.15) is 11.3 Å². The van der Waals surface area contributed by atoms with Gasteiger partial charge in [0, 0.05) is 51.1 Å². The predicted molar refractivity (Wildman–Crippen MR) is 133 cm³/mol. The van der Waals surface area contributed by atoms with E-state index >= 15 is 0 Å². The molecule has 1 saturated heterocycles. The van der Waals surface area contributed by atoms with Gasteiger partial charge in [0.25, 0.3) is 0 Å². The highest BCUT2D eigenvalue weighted by atomic mass is 15.3. The van der Waals surface area contributed by atoms with Crippen molar-refractivity contribution in [3.05, 3.63) is 42.5 Å². The number of rotatable bonds is 11. The van der Waals surface area contributed by atoms with Crippen molar-refractivity contribution >= 4 is 27.8 Å². The van der Waals surface area contributed by atoms with Crippen molar-refractivity contribution < 1.29 is 0 Å². The Morgan fingerprint density at radius 3 is 2.75 bits per heavy atom. The highest BCUT2D eigenvalue weighted by molar-refractivity contribution is 6.06. The van der Waals surface area contributed by atoms with Crippen LogP contribution in [0.1, 0.15) is 44.9 Å². The lowest BCUT2D eigenvalue weighted by atomic mass is 10.1. The molecule has 1 aliphatic heterocycles. The molecular formula is C25H37N7. The number of imidazole rings is 1. The maximum atomic E-state index is 6.31. The molecule has 0 spiro atoms. The molecule has 0 aliphatic carbocycles. The number of nitrogen functional groups attached to an aromatic ring is 1. The number of benzene rings is 1. The molecule has 0 saturated carbocycles. The number of piperazine rings is 1. The van der Waals surface area contributed by atoms with Gasteiger partial charge in [-0.25, -0.2) is 9.97 Å². The number of hydrogen-bond acceptors (Lipinski definition) is 6. The van der Waals surface area contributed by atoms with Crippen molar-refractivity contribution in [2.45, 2.75) is 52.0 Å². The molecular weight excluding hydrogens is 398 g/mol. The molecule has 0 radical (unpaired) electrons. The lowest BCUT2D eigenvalue weighted by molar-refractivity contribution is 0.281. The molecule has 2 aromatic heterocycles. The number of fused-ring (bicyclic) bond motifs is 3. The summed E-state index contributed by atoms with van der Waals surface area (Å²) in [5, 5.41) is 8.03. The van der Waals surface area contributed by atoms with E-state index in [-0.39, 0.29) is 0 Å². The number of hydrogen-bond donors (Lipinski definition) is 3. The molecule has 4 N–H and O–H groups in total. The van der Waals surface area contributed by atoms with E-state index in [2.05, 4.69) is 50.7 Å². The molecule has 172 valence electrons. The predicted octanol–water partition coefficient (Wildman–Crippen LogP) is 3.65. The number of unbranched alkanes of at least 4 members (excludes halogenated alkanes) is 3. The van der Waals surface area contributed by atoms with Crippen LogP contribution in [0.25, 0.3) is 21.9 Å². The number of nitrogens with one attached hydrogen (secondary N) is 2. The second kappa shape index (κ2) is 10.7. The van der Waals surface area contributed by atoms with Gasteiger partial charge in [0.15, 0.2) is 5.82 Å². The molecule has 32 heavy (non-hydrogen) atoms. The van der Waals surface area contributed by atoms with Crippen LogP contribution in [0.2, 0.25) is 0 Å². The standard InChI is InChI=1S/C25H37N7/c1-3-4-12-22-30-23-24(20-10-6-7-11-21(20)29-25(23)26)32(22)16-9-5-8-13-28-19(2)31-17-14-27-15-18-31/h6-7,10-11,27-28H,2-5,8-9,12-18H2,1H3,(H2,26,29). The van der Waals surface area contributed by atoms with E-state index in [0.717, 1.165) is 111 Å². The second-order valence-electron chi connectivity index (χ2n) is 8.67. The first-order valence-electron chi connectivity index (χ1n) is 12.1. The SMILES string of the molecule is C=C(NCCCCCn1c(CCCC)nc2c(N)nc3ccccc3c21)N1CCNCC1. The van der Waals surface area contributed by atoms with Crippen LogP contribution in [0.3, 0.4) is 0 Å². The maximum Gasteiger partial charge on any atom is 0.152 e. The minimum atomic E-state index is 0.533. The van der Waals surface area contributed by atoms with E-state index in [1.807, 2.05) is 12.1 Å². The summed E-state index contributed by atoms with van der Waals surface area (Å²) in [4.78, 5) is 11.9. The average Bonchev–Trinajstić information content (AvgIpc) is 3.19. The van der Waals surface area contributed by atoms with Crippen molar-refractivity contribution in [2.24, 2.45) is 0 Å². The first kappa shape index (κ1) is 22.4. The van der Waals surface area contributed by atoms with Crippen molar-refractivity contribution in [1.82, 2.24) is 30.1 Å². The van der Waals surface area contributed by atoms with Crippen LogP contribution in [0.15, 0.2) is 36.7 Å². The normalized spacial score (nSPS) is 14.3. The molecule has 1 fully saturated rings. The Morgan fingerprint density at radius 2 is 1.94 bits per heavy atom. The van der Waals surface area contributed by atoms with Gasteiger partial charge >= 0.3 is 0 Å². The van der Waals surface area contributed by atoms with Gasteiger partial charge < -0.3 is 25.8 Å². The fourth-order valence-electron chi connectivity index (χ4n) is 4.52.